The highest BCUT2D eigenvalue weighted by atomic mass is 16.6. The van der Waals surface area contributed by atoms with E-state index in [0.717, 1.165) is 24.0 Å². The monoisotopic (exact) mass is 567 g/mol. The molecule has 3 unspecified atom stereocenters. The molecule has 0 fully saturated rings. The number of anilines is 1. The number of hydrogen-bond donors (Lipinski definition) is 3. The summed E-state index contributed by atoms with van der Waals surface area (Å²) in [6, 6.07) is 8.88. The number of carbonyl (C=O) groups excluding carboxylic acids is 3. The van der Waals surface area contributed by atoms with Gasteiger partial charge in [0.15, 0.2) is 0 Å². The second kappa shape index (κ2) is 14.9. The summed E-state index contributed by atoms with van der Waals surface area (Å²) in [5, 5.41) is 17.0. The van der Waals surface area contributed by atoms with Gasteiger partial charge in [-0.15, -0.1) is 0 Å². The van der Waals surface area contributed by atoms with E-state index >= 15 is 0 Å². The van der Waals surface area contributed by atoms with Gasteiger partial charge in [-0.2, -0.15) is 0 Å². The summed E-state index contributed by atoms with van der Waals surface area (Å²) in [4.78, 5) is 43.0. The zero-order valence-corrected chi connectivity index (χ0v) is 26.3. The SMILES string of the molecule is CCCCCN(C(=O)C(NC(=O)OC(C)(C)C)C(C)CC)C(C(=O)Nc1c(C)cccc1C)c1cccc(C)c1O. The smallest absolute Gasteiger partial charge is 0.408 e. The van der Waals surface area contributed by atoms with E-state index in [1.807, 2.05) is 45.9 Å². The number of nitrogens with one attached hydrogen (secondary N) is 2. The minimum absolute atomic E-state index is 0.0392. The molecule has 8 nitrogen and oxygen atoms in total. The molecular formula is C33H49N3O5. The summed E-state index contributed by atoms with van der Waals surface area (Å²) >= 11 is 0. The van der Waals surface area contributed by atoms with Crippen molar-refractivity contribution in [3.8, 4) is 5.75 Å². The van der Waals surface area contributed by atoms with Crippen molar-refractivity contribution in [2.24, 2.45) is 5.92 Å². The van der Waals surface area contributed by atoms with Crippen molar-refractivity contribution in [3.05, 3.63) is 58.7 Å². The summed E-state index contributed by atoms with van der Waals surface area (Å²) in [7, 11) is 0. The first-order valence-corrected chi connectivity index (χ1v) is 14.7. The molecule has 0 radical (unpaired) electrons. The fourth-order valence-electron chi connectivity index (χ4n) is 4.75. The molecule has 0 spiro atoms. The van der Waals surface area contributed by atoms with Gasteiger partial charge < -0.3 is 25.4 Å². The van der Waals surface area contributed by atoms with Crippen molar-refractivity contribution >= 4 is 23.6 Å². The van der Waals surface area contributed by atoms with Crippen LogP contribution >= 0.6 is 0 Å². The van der Waals surface area contributed by atoms with E-state index in [0.29, 0.717) is 29.7 Å². The molecule has 0 saturated carbocycles. The molecule has 0 aromatic heterocycles. The fraction of sp³-hybridized carbons (Fsp3) is 0.545. The Balaban J connectivity index is 2.66. The highest BCUT2D eigenvalue weighted by Crippen LogP contribution is 2.34. The maximum absolute atomic E-state index is 14.4. The Morgan fingerprint density at radius 1 is 0.951 bits per heavy atom. The highest BCUT2D eigenvalue weighted by Gasteiger charge is 2.39. The average Bonchev–Trinajstić information content (AvgIpc) is 2.89. The van der Waals surface area contributed by atoms with E-state index in [4.69, 9.17) is 4.74 Å². The highest BCUT2D eigenvalue weighted by molar-refractivity contribution is 6.00. The van der Waals surface area contributed by atoms with Crippen molar-refractivity contribution in [3.63, 3.8) is 0 Å². The average molecular weight is 568 g/mol. The molecule has 2 aromatic carbocycles. The Bertz CT molecular complexity index is 1180. The van der Waals surface area contributed by atoms with Crippen LogP contribution in [0.4, 0.5) is 10.5 Å². The second-order valence-corrected chi connectivity index (χ2v) is 11.9. The van der Waals surface area contributed by atoms with Crippen LogP contribution in [0.1, 0.15) is 95.5 Å². The molecule has 3 atom stereocenters. The van der Waals surface area contributed by atoms with Crippen LogP contribution in [-0.2, 0) is 14.3 Å². The maximum Gasteiger partial charge on any atom is 0.408 e. The number of unbranched alkanes of at least 4 members (excludes halogenated alkanes) is 2. The molecule has 2 rings (SSSR count). The number of aryl methyl sites for hydroxylation is 3. The number of carbonyl (C=O) groups is 3. The summed E-state index contributed by atoms with van der Waals surface area (Å²) in [6.45, 7) is 17.0. The third kappa shape index (κ3) is 9.23. The first kappa shape index (κ1) is 33.7. The predicted octanol–water partition coefficient (Wildman–Crippen LogP) is 6.96. The standard InChI is InChI=1S/C33H49N3O5/c1-10-12-13-20-36(31(39)27(21(3)11-2)35-32(40)41-33(7,8)9)28(25-19-15-18-24(6)29(25)37)30(38)34-26-22(4)16-14-17-23(26)5/h14-19,21,27-28,37H,10-13,20H2,1-9H3,(H,34,38)(H,35,40). The van der Waals surface area contributed by atoms with E-state index in [1.165, 1.54) is 4.90 Å². The number of aromatic hydroxyl groups is 1. The van der Waals surface area contributed by atoms with Gasteiger partial charge in [0.2, 0.25) is 5.91 Å². The first-order valence-electron chi connectivity index (χ1n) is 14.7. The minimum atomic E-state index is -1.13. The largest absolute Gasteiger partial charge is 0.507 e. The van der Waals surface area contributed by atoms with Gasteiger partial charge in [0.05, 0.1) is 0 Å². The van der Waals surface area contributed by atoms with Gasteiger partial charge in [-0.05, 0) is 70.6 Å². The molecule has 8 heteroatoms. The Hall–Kier alpha value is -3.55. The summed E-state index contributed by atoms with van der Waals surface area (Å²) in [6.07, 6.45) is 2.34. The molecule has 3 amide bonds. The summed E-state index contributed by atoms with van der Waals surface area (Å²) < 4.78 is 5.48. The lowest BCUT2D eigenvalue weighted by molar-refractivity contribution is -0.142. The number of rotatable bonds is 12. The fourth-order valence-corrected chi connectivity index (χ4v) is 4.75. The lowest BCUT2D eigenvalue weighted by Gasteiger charge is -2.36. The van der Waals surface area contributed by atoms with Gasteiger partial charge in [0, 0.05) is 17.8 Å². The molecule has 0 aliphatic heterocycles. The molecule has 0 heterocycles. The van der Waals surface area contributed by atoms with Gasteiger partial charge in [-0.3, -0.25) is 9.59 Å². The molecule has 0 aliphatic carbocycles. The third-order valence-corrected chi connectivity index (χ3v) is 7.29. The molecule has 0 bridgehead atoms. The van der Waals surface area contributed by atoms with Crippen molar-refractivity contribution in [2.45, 2.75) is 106 Å². The Morgan fingerprint density at radius 3 is 2.10 bits per heavy atom. The van der Waals surface area contributed by atoms with Crippen molar-refractivity contribution in [2.75, 3.05) is 11.9 Å². The minimum Gasteiger partial charge on any atom is -0.507 e. The van der Waals surface area contributed by atoms with E-state index in [9.17, 15) is 19.5 Å². The number of nitrogens with zero attached hydrogens (tertiary/aromatic N) is 1. The number of ether oxygens (including phenoxy) is 1. The number of alkyl carbamates (subject to hydrolysis) is 1. The number of benzene rings is 2. The second-order valence-electron chi connectivity index (χ2n) is 11.9. The Labute approximate surface area is 245 Å². The van der Waals surface area contributed by atoms with Crippen LogP contribution < -0.4 is 10.6 Å². The van der Waals surface area contributed by atoms with Crippen molar-refractivity contribution in [1.82, 2.24) is 10.2 Å². The van der Waals surface area contributed by atoms with Crippen molar-refractivity contribution in [1.29, 1.82) is 0 Å². The first-order chi connectivity index (χ1) is 19.2. The van der Waals surface area contributed by atoms with Crippen LogP contribution in [0.25, 0.3) is 0 Å². The van der Waals surface area contributed by atoms with Crippen LogP contribution in [0, 0.1) is 26.7 Å². The van der Waals surface area contributed by atoms with Crippen LogP contribution in [0.2, 0.25) is 0 Å². The van der Waals surface area contributed by atoms with Crippen LogP contribution in [0.15, 0.2) is 36.4 Å². The summed E-state index contributed by atoms with van der Waals surface area (Å²) in [5.74, 6) is -1.11. The van der Waals surface area contributed by atoms with Crippen molar-refractivity contribution < 1.29 is 24.2 Å². The van der Waals surface area contributed by atoms with Gasteiger partial charge in [-0.25, -0.2) is 4.79 Å². The maximum atomic E-state index is 14.4. The number of amides is 3. The zero-order valence-electron chi connectivity index (χ0n) is 26.3. The molecule has 0 aliphatic rings. The zero-order chi connectivity index (χ0) is 30.9. The normalized spacial score (nSPS) is 13.6. The number of para-hydroxylation sites is 2. The molecule has 41 heavy (non-hydrogen) atoms. The quantitative estimate of drug-likeness (QED) is 0.240. The van der Waals surface area contributed by atoms with E-state index in [1.54, 1.807) is 45.9 Å². The molecular weight excluding hydrogens is 518 g/mol. The Morgan fingerprint density at radius 2 is 1.54 bits per heavy atom. The van der Waals surface area contributed by atoms with Gasteiger partial charge in [0.25, 0.3) is 5.91 Å². The van der Waals surface area contributed by atoms with Crippen LogP contribution in [-0.4, -0.2) is 46.1 Å². The molecule has 0 saturated heterocycles. The topological polar surface area (TPSA) is 108 Å². The van der Waals surface area contributed by atoms with Crippen LogP contribution in [0.3, 0.4) is 0 Å². The molecule has 2 aromatic rings. The predicted molar refractivity (Wildman–Crippen MR) is 164 cm³/mol. The van der Waals surface area contributed by atoms with E-state index < -0.39 is 35.6 Å². The lowest BCUT2D eigenvalue weighted by Crippen LogP contribution is -2.55. The van der Waals surface area contributed by atoms with Gasteiger partial charge in [-0.1, -0.05) is 76.4 Å². The number of phenolic OH excluding ortho intramolecular Hbond substituents is 1. The van der Waals surface area contributed by atoms with Crippen LogP contribution in [0.5, 0.6) is 5.75 Å². The van der Waals surface area contributed by atoms with Gasteiger partial charge >= 0.3 is 6.09 Å². The summed E-state index contributed by atoms with van der Waals surface area (Å²) in [5.41, 5.74) is 2.63. The van der Waals surface area contributed by atoms with E-state index in [-0.39, 0.29) is 18.2 Å². The third-order valence-electron chi connectivity index (χ3n) is 7.29. The van der Waals surface area contributed by atoms with Gasteiger partial charge in [0.1, 0.15) is 23.4 Å². The van der Waals surface area contributed by atoms with E-state index in [2.05, 4.69) is 17.6 Å². The molecule has 226 valence electrons. The molecule has 3 N–H and O–H groups in total. The lowest BCUT2D eigenvalue weighted by atomic mass is 9.94. The Kier molecular flexibility index (Phi) is 12.2. The number of phenols is 1. The number of hydrogen-bond acceptors (Lipinski definition) is 5.